The van der Waals surface area contributed by atoms with Crippen molar-refractivity contribution in [3.05, 3.63) is 11.6 Å². The molecule has 0 amide bonds. The van der Waals surface area contributed by atoms with E-state index >= 15 is 0 Å². The zero-order valence-electron chi connectivity index (χ0n) is 20.5. The second kappa shape index (κ2) is 8.22. The zero-order valence-corrected chi connectivity index (χ0v) is 20.5. The summed E-state index contributed by atoms with van der Waals surface area (Å²) >= 11 is 0. The van der Waals surface area contributed by atoms with Gasteiger partial charge >= 0.3 is 0 Å². The summed E-state index contributed by atoms with van der Waals surface area (Å²) in [6.07, 6.45) is 12.9. The van der Waals surface area contributed by atoms with Crippen molar-refractivity contribution in [2.24, 2.45) is 52.3 Å². The highest BCUT2D eigenvalue weighted by atomic mass is 16.3. The van der Waals surface area contributed by atoms with Gasteiger partial charge in [0, 0.05) is 0 Å². The van der Waals surface area contributed by atoms with E-state index in [1.54, 1.807) is 5.57 Å². The van der Waals surface area contributed by atoms with Crippen molar-refractivity contribution in [1.82, 2.24) is 0 Å². The highest BCUT2D eigenvalue weighted by Crippen LogP contribution is 2.67. The molecule has 0 aliphatic heterocycles. The molecule has 2 nitrogen and oxygen atoms in total. The summed E-state index contributed by atoms with van der Waals surface area (Å²) in [5.74, 6) is 4.76. The molecule has 3 saturated carbocycles. The number of fused-ring (bicyclic) bond motifs is 5. The van der Waals surface area contributed by atoms with Crippen LogP contribution < -0.4 is 0 Å². The van der Waals surface area contributed by atoms with Gasteiger partial charge in [-0.3, -0.25) is 0 Å². The van der Waals surface area contributed by atoms with E-state index in [1.165, 1.54) is 38.5 Å². The van der Waals surface area contributed by atoms with Crippen LogP contribution in [0.5, 0.6) is 0 Å². The Morgan fingerprint density at radius 2 is 1.73 bits per heavy atom. The third-order valence-corrected chi connectivity index (χ3v) is 11.1. The van der Waals surface area contributed by atoms with Gasteiger partial charge in [-0.05, 0) is 110 Å². The van der Waals surface area contributed by atoms with E-state index in [4.69, 9.17) is 0 Å². The van der Waals surface area contributed by atoms with Crippen molar-refractivity contribution in [3.63, 3.8) is 0 Å². The molecule has 0 heterocycles. The lowest BCUT2D eigenvalue weighted by atomic mass is 9.47. The lowest BCUT2D eigenvalue weighted by Crippen LogP contribution is -2.51. The Bertz CT molecular complexity index is 653. The number of hydrogen-bond acceptors (Lipinski definition) is 2. The van der Waals surface area contributed by atoms with Crippen molar-refractivity contribution in [1.29, 1.82) is 0 Å². The van der Waals surface area contributed by atoms with E-state index in [2.05, 4.69) is 47.6 Å². The Hall–Kier alpha value is -0.340. The molecule has 3 unspecified atom stereocenters. The van der Waals surface area contributed by atoms with E-state index in [0.717, 1.165) is 37.0 Å². The maximum atomic E-state index is 11.1. The molecule has 30 heavy (non-hydrogen) atoms. The van der Waals surface area contributed by atoms with E-state index in [0.29, 0.717) is 34.5 Å². The molecule has 10 atom stereocenters. The van der Waals surface area contributed by atoms with Crippen LogP contribution in [0.25, 0.3) is 0 Å². The van der Waals surface area contributed by atoms with Crippen molar-refractivity contribution in [3.8, 4) is 0 Å². The minimum atomic E-state index is -0.157. The van der Waals surface area contributed by atoms with E-state index in [9.17, 15) is 10.2 Å². The van der Waals surface area contributed by atoms with Gasteiger partial charge in [0.15, 0.2) is 0 Å². The Morgan fingerprint density at radius 3 is 2.43 bits per heavy atom. The largest absolute Gasteiger partial charge is 0.393 e. The molecule has 4 aliphatic carbocycles. The third kappa shape index (κ3) is 3.62. The summed E-state index contributed by atoms with van der Waals surface area (Å²) in [5, 5.41) is 21.4. The van der Waals surface area contributed by atoms with Gasteiger partial charge in [0.25, 0.3) is 0 Å². The molecule has 0 aromatic carbocycles. The molecule has 172 valence electrons. The molecule has 0 aromatic heterocycles. The number of hydrogen-bond donors (Lipinski definition) is 2. The van der Waals surface area contributed by atoms with Crippen LogP contribution in [-0.2, 0) is 0 Å². The monoisotopic (exact) mass is 416 g/mol. The minimum Gasteiger partial charge on any atom is -0.393 e. The van der Waals surface area contributed by atoms with Crippen molar-refractivity contribution < 1.29 is 10.2 Å². The minimum absolute atomic E-state index is 0.110. The number of allylic oxidation sites excluding steroid dienone is 1. The zero-order chi connectivity index (χ0) is 21.8. The summed E-state index contributed by atoms with van der Waals surface area (Å²) in [7, 11) is 0. The summed E-state index contributed by atoms with van der Waals surface area (Å²) < 4.78 is 0. The van der Waals surface area contributed by atoms with Crippen LogP contribution in [0.1, 0.15) is 99.3 Å². The van der Waals surface area contributed by atoms with Crippen LogP contribution >= 0.6 is 0 Å². The predicted octanol–water partition coefficient (Wildman–Crippen LogP) is 6.61. The standard InChI is InChI=1S/C28H48O2/c1-17(2)18(3)15-26(30)19(4)23-9-10-24-22-8-7-20-16-21(29)11-13-27(20,5)25(22)12-14-28(23,24)6/h7,17-19,21-26,29-30H,8-16H2,1-6H3/t18-,19-,21-,22?,23+,24?,25?,26+,27-,28+/m0/s1. The van der Waals surface area contributed by atoms with Crippen LogP contribution in [0.4, 0.5) is 0 Å². The van der Waals surface area contributed by atoms with Gasteiger partial charge in [-0.15, -0.1) is 0 Å². The van der Waals surface area contributed by atoms with Gasteiger partial charge in [-0.2, -0.15) is 0 Å². The van der Waals surface area contributed by atoms with E-state index < -0.39 is 0 Å². The highest BCUT2D eigenvalue weighted by molar-refractivity contribution is 5.25. The van der Waals surface area contributed by atoms with E-state index in [1.807, 2.05) is 0 Å². The van der Waals surface area contributed by atoms with Crippen molar-refractivity contribution >= 4 is 0 Å². The number of rotatable bonds is 5. The molecule has 2 N–H and O–H groups in total. The van der Waals surface area contributed by atoms with Gasteiger partial charge < -0.3 is 10.2 Å². The van der Waals surface area contributed by atoms with Gasteiger partial charge in [0.2, 0.25) is 0 Å². The molecule has 3 fully saturated rings. The smallest absolute Gasteiger partial charge is 0.0577 e. The van der Waals surface area contributed by atoms with Crippen LogP contribution in [0.3, 0.4) is 0 Å². The maximum absolute atomic E-state index is 11.1. The van der Waals surface area contributed by atoms with Crippen molar-refractivity contribution in [2.45, 2.75) is 112 Å². The predicted molar refractivity (Wildman–Crippen MR) is 125 cm³/mol. The average molecular weight is 417 g/mol. The van der Waals surface area contributed by atoms with Crippen LogP contribution in [0.15, 0.2) is 11.6 Å². The number of aliphatic hydroxyl groups excluding tert-OH is 2. The average Bonchev–Trinajstić information content (AvgIpc) is 3.04. The summed E-state index contributed by atoms with van der Waals surface area (Å²) in [6.45, 7) is 14.3. The van der Waals surface area contributed by atoms with Gasteiger partial charge in [0.05, 0.1) is 12.2 Å². The van der Waals surface area contributed by atoms with Gasteiger partial charge in [-0.1, -0.05) is 53.2 Å². The Kier molecular flexibility index (Phi) is 6.26. The molecule has 0 aromatic rings. The first-order valence-electron chi connectivity index (χ1n) is 13.1. The van der Waals surface area contributed by atoms with Crippen LogP contribution in [0, 0.1) is 52.3 Å². The summed E-state index contributed by atoms with van der Waals surface area (Å²) in [6, 6.07) is 0. The molecular weight excluding hydrogens is 368 g/mol. The molecular formula is C28H48O2. The van der Waals surface area contributed by atoms with E-state index in [-0.39, 0.29) is 12.2 Å². The van der Waals surface area contributed by atoms with Crippen molar-refractivity contribution in [2.75, 3.05) is 0 Å². The fraction of sp³-hybridized carbons (Fsp3) is 0.929. The molecule has 4 aliphatic rings. The first-order valence-corrected chi connectivity index (χ1v) is 13.1. The molecule has 2 heteroatoms. The van der Waals surface area contributed by atoms with Crippen LogP contribution in [-0.4, -0.2) is 22.4 Å². The SMILES string of the molecule is CC(C)[C@@H](C)C[C@@H](O)[C@@H](C)[C@H]1CCC2C3CC=C4C[C@@H](O)CC[C@]4(C)C3CC[C@@]21C. The molecule has 0 radical (unpaired) electrons. The topological polar surface area (TPSA) is 40.5 Å². The van der Waals surface area contributed by atoms with Gasteiger partial charge in [0.1, 0.15) is 0 Å². The summed E-state index contributed by atoms with van der Waals surface area (Å²) in [4.78, 5) is 0. The molecule has 0 bridgehead atoms. The Labute approximate surface area is 185 Å². The van der Waals surface area contributed by atoms with Gasteiger partial charge in [-0.25, -0.2) is 0 Å². The Balaban J connectivity index is 1.51. The third-order valence-electron chi connectivity index (χ3n) is 11.1. The first kappa shape index (κ1) is 22.8. The fourth-order valence-electron chi connectivity index (χ4n) is 8.68. The molecule has 4 rings (SSSR count). The normalized spacial score (nSPS) is 46.4. The lowest BCUT2D eigenvalue weighted by Gasteiger charge is -2.58. The maximum Gasteiger partial charge on any atom is 0.0577 e. The second-order valence-electron chi connectivity index (χ2n) is 12.8. The second-order valence-corrected chi connectivity index (χ2v) is 12.8. The first-order chi connectivity index (χ1) is 14.1. The number of aliphatic hydroxyl groups is 2. The summed E-state index contributed by atoms with van der Waals surface area (Å²) in [5.41, 5.74) is 2.31. The fourth-order valence-corrected chi connectivity index (χ4v) is 8.68. The lowest BCUT2D eigenvalue weighted by molar-refractivity contribution is -0.0693. The Morgan fingerprint density at radius 1 is 1.00 bits per heavy atom. The van der Waals surface area contributed by atoms with Crippen LogP contribution in [0.2, 0.25) is 0 Å². The highest BCUT2D eigenvalue weighted by Gasteiger charge is 2.59. The molecule has 0 spiro atoms. The molecule has 0 saturated heterocycles. The quantitative estimate of drug-likeness (QED) is 0.495.